The van der Waals surface area contributed by atoms with E-state index in [-0.39, 0.29) is 6.04 Å². The van der Waals surface area contributed by atoms with Gasteiger partial charge in [-0.2, -0.15) is 0 Å². The Morgan fingerprint density at radius 1 is 1.28 bits per heavy atom. The van der Waals surface area contributed by atoms with Gasteiger partial charge < -0.3 is 11.1 Å². The molecule has 3 nitrogen and oxygen atoms in total. The second-order valence-corrected chi connectivity index (χ2v) is 4.90. The first-order valence-corrected chi connectivity index (χ1v) is 6.35. The molecular weight excluding hydrogens is 246 g/mol. The molecule has 0 radical (unpaired) electrons. The van der Waals surface area contributed by atoms with E-state index in [0.717, 1.165) is 18.5 Å². The van der Waals surface area contributed by atoms with Crippen LogP contribution in [0.3, 0.4) is 0 Å². The topological polar surface area (TPSA) is 50.9 Å². The maximum Gasteiger partial charge on any atom is 0.128 e. The molecule has 4 heteroatoms. The third kappa shape index (κ3) is 1.96. The van der Waals surface area contributed by atoms with Crippen LogP contribution in [0.2, 0.25) is 5.02 Å². The van der Waals surface area contributed by atoms with Gasteiger partial charge in [0.2, 0.25) is 0 Å². The van der Waals surface area contributed by atoms with Gasteiger partial charge in [0, 0.05) is 18.3 Å². The second-order valence-electron chi connectivity index (χ2n) is 4.46. The summed E-state index contributed by atoms with van der Waals surface area (Å²) >= 11 is 6.02. The lowest BCUT2D eigenvalue weighted by atomic mass is 9.90. The van der Waals surface area contributed by atoms with Crippen LogP contribution in [0.5, 0.6) is 0 Å². The number of halogens is 1. The second kappa shape index (κ2) is 4.59. The van der Waals surface area contributed by atoms with Gasteiger partial charge in [0.15, 0.2) is 0 Å². The Morgan fingerprint density at radius 2 is 2.11 bits per heavy atom. The summed E-state index contributed by atoms with van der Waals surface area (Å²) in [6.45, 7) is 0.938. The molecule has 0 aliphatic carbocycles. The monoisotopic (exact) mass is 259 g/mol. The fraction of sp³-hybridized carbons (Fsp3) is 0.214. The van der Waals surface area contributed by atoms with Crippen LogP contribution in [0.4, 0.5) is 5.82 Å². The van der Waals surface area contributed by atoms with Gasteiger partial charge in [-0.1, -0.05) is 35.9 Å². The van der Waals surface area contributed by atoms with Gasteiger partial charge >= 0.3 is 0 Å². The van der Waals surface area contributed by atoms with Gasteiger partial charge in [-0.3, -0.25) is 0 Å². The molecule has 0 spiro atoms. The highest BCUT2D eigenvalue weighted by atomic mass is 35.5. The number of nitrogens with zero attached hydrogens (tertiary/aromatic N) is 1. The third-order valence-corrected chi connectivity index (χ3v) is 3.54. The van der Waals surface area contributed by atoms with Gasteiger partial charge in [0.25, 0.3) is 0 Å². The summed E-state index contributed by atoms with van der Waals surface area (Å²) in [5, 5.41) is 4.10. The highest BCUT2D eigenvalue weighted by Crippen LogP contribution is 2.32. The molecule has 0 fully saturated rings. The molecule has 92 valence electrons. The Hall–Kier alpha value is -1.58. The van der Waals surface area contributed by atoms with Gasteiger partial charge in [0.1, 0.15) is 5.82 Å². The van der Waals surface area contributed by atoms with Crippen molar-refractivity contribution >= 4 is 17.4 Å². The molecule has 18 heavy (non-hydrogen) atoms. The van der Waals surface area contributed by atoms with Gasteiger partial charge in [-0.15, -0.1) is 0 Å². The van der Waals surface area contributed by atoms with E-state index in [9.17, 15) is 0 Å². The summed E-state index contributed by atoms with van der Waals surface area (Å²) in [6, 6.07) is 10.4. The lowest BCUT2D eigenvalue weighted by molar-refractivity contribution is 0.568. The van der Waals surface area contributed by atoms with Crippen LogP contribution in [0.1, 0.15) is 22.7 Å². The summed E-state index contributed by atoms with van der Waals surface area (Å²) in [7, 11) is 0. The molecule has 3 N–H and O–H groups in total. The molecule has 1 aliphatic heterocycles. The molecule has 3 rings (SSSR count). The Kier molecular flexibility index (Phi) is 2.94. The number of hydrogen-bond donors (Lipinski definition) is 2. The van der Waals surface area contributed by atoms with Crippen molar-refractivity contribution in [3.63, 3.8) is 0 Å². The maximum atomic E-state index is 6.02. The largest absolute Gasteiger partial charge is 0.383 e. The zero-order valence-electron chi connectivity index (χ0n) is 9.86. The van der Waals surface area contributed by atoms with Crippen molar-refractivity contribution in [1.82, 2.24) is 10.3 Å². The molecule has 2 heterocycles. The van der Waals surface area contributed by atoms with E-state index in [0.29, 0.717) is 10.8 Å². The first kappa shape index (κ1) is 11.5. The maximum absolute atomic E-state index is 6.02. The number of aromatic nitrogens is 1. The highest BCUT2D eigenvalue weighted by Gasteiger charge is 2.23. The number of fused-ring (bicyclic) bond motifs is 1. The quantitative estimate of drug-likeness (QED) is 0.828. The van der Waals surface area contributed by atoms with Crippen LogP contribution >= 0.6 is 11.6 Å². The van der Waals surface area contributed by atoms with Crippen molar-refractivity contribution in [2.24, 2.45) is 0 Å². The minimum absolute atomic E-state index is 0.0844. The van der Waals surface area contributed by atoms with Crippen molar-refractivity contribution in [2.45, 2.75) is 12.5 Å². The summed E-state index contributed by atoms with van der Waals surface area (Å²) < 4.78 is 0. The third-order valence-electron chi connectivity index (χ3n) is 3.34. The van der Waals surface area contributed by atoms with E-state index >= 15 is 0 Å². The molecule has 1 aromatic heterocycles. The van der Waals surface area contributed by atoms with Gasteiger partial charge in [-0.05, 0) is 23.6 Å². The fourth-order valence-corrected chi connectivity index (χ4v) is 2.65. The lowest BCUT2D eigenvalue weighted by Gasteiger charge is -2.27. The summed E-state index contributed by atoms with van der Waals surface area (Å²) in [5.41, 5.74) is 9.55. The van der Waals surface area contributed by atoms with Crippen molar-refractivity contribution in [3.05, 3.63) is 58.2 Å². The molecule has 1 aromatic carbocycles. The fourth-order valence-electron chi connectivity index (χ4n) is 2.48. The minimum atomic E-state index is 0.0844. The average molecular weight is 260 g/mol. The molecule has 1 unspecified atom stereocenters. The van der Waals surface area contributed by atoms with Crippen LogP contribution < -0.4 is 11.1 Å². The van der Waals surface area contributed by atoms with E-state index in [2.05, 4.69) is 28.5 Å². The predicted molar refractivity (Wildman–Crippen MR) is 73.7 cm³/mol. The van der Waals surface area contributed by atoms with E-state index in [1.807, 2.05) is 12.1 Å². The van der Waals surface area contributed by atoms with E-state index in [1.54, 1.807) is 6.20 Å². The minimum Gasteiger partial charge on any atom is -0.383 e. The van der Waals surface area contributed by atoms with Crippen LogP contribution in [0.25, 0.3) is 0 Å². The molecule has 0 saturated carbocycles. The number of nitrogens with two attached hydrogens (primary N) is 1. The first-order chi connectivity index (χ1) is 8.75. The van der Waals surface area contributed by atoms with Crippen LogP contribution in [-0.4, -0.2) is 11.5 Å². The Morgan fingerprint density at radius 3 is 3.00 bits per heavy atom. The molecule has 1 aliphatic rings. The Labute approximate surface area is 111 Å². The van der Waals surface area contributed by atoms with Crippen molar-refractivity contribution in [3.8, 4) is 0 Å². The first-order valence-electron chi connectivity index (χ1n) is 5.98. The number of hydrogen-bond acceptors (Lipinski definition) is 3. The number of rotatable bonds is 1. The average Bonchev–Trinajstić information content (AvgIpc) is 2.41. The molecule has 2 aromatic rings. The Balaban J connectivity index is 2.11. The molecule has 0 saturated heterocycles. The normalized spacial score (nSPS) is 18.4. The molecular formula is C14H14ClN3. The zero-order valence-corrected chi connectivity index (χ0v) is 10.6. The molecule has 0 bridgehead atoms. The zero-order chi connectivity index (χ0) is 12.5. The van der Waals surface area contributed by atoms with Gasteiger partial charge in [-0.25, -0.2) is 4.98 Å². The smallest absolute Gasteiger partial charge is 0.128 e. The highest BCUT2D eigenvalue weighted by molar-refractivity contribution is 6.30. The predicted octanol–water partition coefficient (Wildman–Crippen LogP) is 2.55. The SMILES string of the molecule is Nc1ncc(Cl)cc1C1NCCc2ccccc21. The van der Waals surface area contributed by atoms with Crippen molar-refractivity contribution in [1.29, 1.82) is 0 Å². The van der Waals surface area contributed by atoms with Crippen LogP contribution in [0, 0.1) is 0 Å². The lowest BCUT2D eigenvalue weighted by Crippen LogP contribution is -2.31. The standard InChI is InChI=1S/C14H14ClN3/c15-10-7-12(14(16)18-8-10)13-11-4-2-1-3-9(11)5-6-17-13/h1-4,7-8,13,17H,5-6H2,(H2,16,18). The van der Waals surface area contributed by atoms with Crippen molar-refractivity contribution < 1.29 is 0 Å². The number of nitrogen functional groups attached to an aromatic ring is 1. The molecule has 1 atom stereocenters. The van der Waals surface area contributed by atoms with Gasteiger partial charge in [0.05, 0.1) is 11.1 Å². The number of pyridine rings is 1. The summed E-state index contributed by atoms with van der Waals surface area (Å²) in [6.07, 6.45) is 2.62. The molecule has 0 amide bonds. The summed E-state index contributed by atoms with van der Waals surface area (Å²) in [5.74, 6) is 0.536. The number of nitrogens with one attached hydrogen (secondary N) is 1. The van der Waals surface area contributed by atoms with E-state index in [4.69, 9.17) is 17.3 Å². The Bertz CT molecular complexity index is 583. The van der Waals surface area contributed by atoms with E-state index < -0.39 is 0 Å². The van der Waals surface area contributed by atoms with Crippen molar-refractivity contribution in [2.75, 3.05) is 12.3 Å². The number of anilines is 1. The number of benzene rings is 1. The summed E-state index contributed by atoms with van der Waals surface area (Å²) in [4.78, 5) is 4.13. The van der Waals surface area contributed by atoms with Crippen LogP contribution in [0.15, 0.2) is 36.5 Å². The van der Waals surface area contributed by atoms with Crippen LogP contribution in [-0.2, 0) is 6.42 Å². The van der Waals surface area contributed by atoms with E-state index in [1.165, 1.54) is 11.1 Å².